The largest absolute Gasteiger partial charge is 0.462 e. The molecule has 0 spiro atoms. The van der Waals surface area contributed by atoms with Crippen molar-refractivity contribution in [1.29, 1.82) is 5.26 Å². The summed E-state index contributed by atoms with van der Waals surface area (Å²) < 4.78 is 5.28. The van der Waals surface area contributed by atoms with Gasteiger partial charge in [-0.25, -0.2) is 0 Å². The fourth-order valence-corrected chi connectivity index (χ4v) is 1.67. The van der Waals surface area contributed by atoms with Crippen LogP contribution in [0.15, 0.2) is 27.6 Å². The maximum absolute atomic E-state index is 11.8. The lowest BCUT2D eigenvalue weighted by Crippen LogP contribution is -2.06. The van der Waals surface area contributed by atoms with Crippen LogP contribution in [0, 0.1) is 25.2 Å². The second-order valence-electron chi connectivity index (χ2n) is 3.55. The summed E-state index contributed by atoms with van der Waals surface area (Å²) >= 11 is 0. The number of fused-ring (bicyclic) bond motifs is 1. The van der Waals surface area contributed by atoms with Gasteiger partial charge in [0.25, 0.3) is 0 Å². The van der Waals surface area contributed by atoms with Gasteiger partial charge in [-0.2, -0.15) is 5.26 Å². The van der Waals surface area contributed by atoms with E-state index >= 15 is 0 Å². The van der Waals surface area contributed by atoms with E-state index in [1.54, 1.807) is 6.07 Å². The van der Waals surface area contributed by atoms with Crippen LogP contribution in [-0.4, -0.2) is 0 Å². The molecule has 0 saturated heterocycles. The Kier molecular flexibility index (Phi) is 2.05. The SMILES string of the molecule is Cc1cc(C)c2occ(C#N)c(=O)c2c1. The van der Waals surface area contributed by atoms with Crippen molar-refractivity contribution in [3.63, 3.8) is 0 Å². The third-order valence-corrected chi connectivity index (χ3v) is 2.32. The minimum absolute atomic E-state index is 0.0486. The van der Waals surface area contributed by atoms with E-state index in [0.717, 1.165) is 11.1 Å². The Labute approximate surface area is 86.6 Å². The number of hydrogen-bond acceptors (Lipinski definition) is 3. The van der Waals surface area contributed by atoms with Crippen LogP contribution in [0.2, 0.25) is 0 Å². The summed E-state index contributed by atoms with van der Waals surface area (Å²) in [5, 5.41) is 9.18. The van der Waals surface area contributed by atoms with Crippen LogP contribution in [-0.2, 0) is 0 Å². The molecule has 0 fully saturated rings. The zero-order valence-corrected chi connectivity index (χ0v) is 8.50. The van der Waals surface area contributed by atoms with Crippen molar-refractivity contribution >= 4 is 11.0 Å². The van der Waals surface area contributed by atoms with Crippen molar-refractivity contribution in [2.24, 2.45) is 0 Å². The fraction of sp³-hybridized carbons (Fsp3) is 0.167. The molecule has 0 radical (unpaired) electrons. The lowest BCUT2D eigenvalue weighted by molar-refractivity contribution is 0.597. The summed E-state index contributed by atoms with van der Waals surface area (Å²) in [5.74, 6) is 0. The lowest BCUT2D eigenvalue weighted by Gasteiger charge is -2.02. The highest BCUT2D eigenvalue weighted by Gasteiger charge is 2.08. The third-order valence-electron chi connectivity index (χ3n) is 2.32. The maximum Gasteiger partial charge on any atom is 0.210 e. The molecular weight excluding hydrogens is 190 g/mol. The Balaban J connectivity index is 3.01. The summed E-state index contributed by atoms with van der Waals surface area (Å²) in [6.07, 6.45) is 1.22. The number of rotatable bonds is 0. The van der Waals surface area contributed by atoms with Gasteiger partial charge in [0, 0.05) is 0 Å². The van der Waals surface area contributed by atoms with Crippen molar-refractivity contribution < 1.29 is 4.42 Å². The van der Waals surface area contributed by atoms with Crippen LogP contribution in [0.1, 0.15) is 16.7 Å². The average molecular weight is 199 g/mol. The first-order chi connectivity index (χ1) is 7.13. The van der Waals surface area contributed by atoms with Gasteiger partial charge in [0.15, 0.2) is 0 Å². The Morgan fingerprint density at radius 2 is 2.07 bits per heavy atom. The van der Waals surface area contributed by atoms with Gasteiger partial charge in [-0.1, -0.05) is 6.07 Å². The van der Waals surface area contributed by atoms with E-state index in [9.17, 15) is 4.79 Å². The molecule has 0 saturated carbocycles. The van der Waals surface area contributed by atoms with Crippen molar-refractivity contribution in [3.8, 4) is 6.07 Å². The van der Waals surface area contributed by atoms with E-state index in [0.29, 0.717) is 11.0 Å². The quantitative estimate of drug-likeness (QED) is 0.654. The highest BCUT2D eigenvalue weighted by atomic mass is 16.3. The molecule has 2 rings (SSSR count). The van der Waals surface area contributed by atoms with Crippen LogP contribution in [0.5, 0.6) is 0 Å². The number of aryl methyl sites for hydroxylation is 2. The minimum Gasteiger partial charge on any atom is -0.462 e. The van der Waals surface area contributed by atoms with Gasteiger partial charge in [0.1, 0.15) is 23.5 Å². The van der Waals surface area contributed by atoms with Crippen LogP contribution < -0.4 is 5.43 Å². The number of nitrogens with zero attached hydrogens (tertiary/aromatic N) is 1. The molecule has 1 aromatic carbocycles. The first-order valence-corrected chi connectivity index (χ1v) is 4.56. The van der Waals surface area contributed by atoms with E-state index in [4.69, 9.17) is 9.68 Å². The molecular formula is C12H9NO2. The van der Waals surface area contributed by atoms with E-state index in [1.807, 2.05) is 26.0 Å². The predicted octanol–water partition coefficient (Wildman–Crippen LogP) is 2.28. The monoisotopic (exact) mass is 199 g/mol. The van der Waals surface area contributed by atoms with Gasteiger partial charge in [-0.05, 0) is 31.0 Å². The molecule has 0 atom stereocenters. The number of nitriles is 1. The predicted molar refractivity (Wildman–Crippen MR) is 56.7 cm³/mol. The molecule has 0 amide bonds. The molecule has 15 heavy (non-hydrogen) atoms. The molecule has 0 aliphatic rings. The smallest absolute Gasteiger partial charge is 0.210 e. The van der Waals surface area contributed by atoms with Gasteiger partial charge in [-0.3, -0.25) is 4.79 Å². The Bertz CT molecular complexity index is 632. The molecule has 2 aromatic rings. The van der Waals surface area contributed by atoms with Crippen LogP contribution in [0.3, 0.4) is 0 Å². The van der Waals surface area contributed by atoms with Crippen molar-refractivity contribution in [1.82, 2.24) is 0 Å². The first kappa shape index (κ1) is 9.47. The van der Waals surface area contributed by atoms with Crippen molar-refractivity contribution in [2.45, 2.75) is 13.8 Å². The fourth-order valence-electron chi connectivity index (χ4n) is 1.67. The summed E-state index contributed by atoms with van der Waals surface area (Å²) in [6, 6.07) is 5.51. The highest BCUT2D eigenvalue weighted by Crippen LogP contribution is 2.17. The van der Waals surface area contributed by atoms with Gasteiger partial charge in [-0.15, -0.1) is 0 Å². The standard InChI is InChI=1S/C12H9NO2/c1-7-3-8(2)12-10(4-7)11(14)9(5-13)6-15-12/h3-4,6H,1-2H3. The van der Waals surface area contributed by atoms with Crippen molar-refractivity contribution in [2.75, 3.05) is 0 Å². The second kappa shape index (κ2) is 3.25. The van der Waals surface area contributed by atoms with Crippen LogP contribution in [0.4, 0.5) is 0 Å². The molecule has 0 N–H and O–H groups in total. The molecule has 0 bridgehead atoms. The van der Waals surface area contributed by atoms with Gasteiger partial charge < -0.3 is 4.42 Å². The van der Waals surface area contributed by atoms with E-state index in [-0.39, 0.29) is 11.0 Å². The van der Waals surface area contributed by atoms with Crippen LogP contribution >= 0.6 is 0 Å². The summed E-state index contributed by atoms with van der Waals surface area (Å²) in [4.78, 5) is 11.8. The first-order valence-electron chi connectivity index (χ1n) is 4.56. The normalized spacial score (nSPS) is 10.2. The number of hydrogen-bond donors (Lipinski definition) is 0. The van der Waals surface area contributed by atoms with E-state index in [1.165, 1.54) is 6.26 Å². The van der Waals surface area contributed by atoms with Crippen molar-refractivity contribution in [3.05, 3.63) is 45.3 Å². The molecule has 3 heteroatoms. The Morgan fingerprint density at radius 3 is 2.73 bits per heavy atom. The average Bonchev–Trinajstić information content (AvgIpc) is 2.19. The molecule has 0 unspecified atom stereocenters. The number of benzene rings is 1. The zero-order valence-electron chi connectivity index (χ0n) is 8.50. The minimum atomic E-state index is -0.259. The Morgan fingerprint density at radius 1 is 1.33 bits per heavy atom. The lowest BCUT2D eigenvalue weighted by atomic mass is 10.1. The highest BCUT2D eigenvalue weighted by molar-refractivity contribution is 5.81. The maximum atomic E-state index is 11.8. The van der Waals surface area contributed by atoms with E-state index < -0.39 is 0 Å². The topological polar surface area (TPSA) is 54.0 Å². The summed E-state index contributed by atoms with van der Waals surface area (Å²) in [6.45, 7) is 3.79. The van der Waals surface area contributed by atoms with Gasteiger partial charge in [0.2, 0.25) is 5.43 Å². The van der Waals surface area contributed by atoms with Gasteiger partial charge >= 0.3 is 0 Å². The molecule has 0 aliphatic heterocycles. The van der Waals surface area contributed by atoms with E-state index in [2.05, 4.69) is 0 Å². The van der Waals surface area contributed by atoms with Crippen LogP contribution in [0.25, 0.3) is 11.0 Å². The summed E-state index contributed by atoms with van der Waals surface area (Å²) in [5.41, 5.74) is 2.25. The Hall–Kier alpha value is -2.08. The molecule has 0 aliphatic carbocycles. The summed E-state index contributed by atoms with van der Waals surface area (Å²) in [7, 11) is 0. The van der Waals surface area contributed by atoms with Gasteiger partial charge in [0.05, 0.1) is 5.39 Å². The molecule has 1 heterocycles. The second-order valence-corrected chi connectivity index (χ2v) is 3.55. The zero-order chi connectivity index (χ0) is 11.0. The third kappa shape index (κ3) is 1.40. The molecule has 74 valence electrons. The molecule has 3 nitrogen and oxygen atoms in total. The molecule has 1 aromatic heterocycles.